The van der Waals surface area contributed by atoms with Crippen LogP contribution in [0.5, 0.6) is 0 Å². The number of imide groups is 1. The number of amides is 3. The normalized spacial score (nSPS) is 13.9. The van der Waals surface area contributed by atoms with E-state index < -0.39 is 29.7 Å². The fraction of sp³-hybridized carbons (Fsp3) is 0.130. The zero-order valence-corrected chi connectivity index (χ0v) is 16.3. The van der Waals surface area contributed by atoms with Gasteiger partial charge in [-0.1, -0.05) is 24.3 Å². The molecule has 0 fully saturated rings. The van der Waals surface area contributed by atoms with Gasteiger partial charge in [0.25, 0.3) is 11.8 Å². The van der Waals surface area contributed by atoms with Gasteiger partial charge in [-0.2, -0.15) is 0 Å². The monoisotopic (exact) mass is 402 g/mol. The molecule has 7 heteroatoms. The third kappa shape index (κ3) is 3.10. The van der Waals surface area contributed by atoms with Crippen molar-refractivity contribution in [2.45, 2.75) is 13.0 Å². The molecular weight excluding hydrogens is 384 g/mol. The Hall–Kier alpha value is -4.00. The minimum Gasteiger partial charge on any atom is -0.465 e. The van der Waals surface area contributed by atoms with Crippen LogP contribution in [0.1, 0.15) is 38.0 Å². The molecule has 0 saturated heterocycles. The van der Waals surface area contributed by atoms with E-state index in [9.17, 15) is 19.2 Å². The van der Waals surface area contributed by atoms with Crippen molar-refractivity contribution in [1.29, 1.82) is 0 Å². The molecule has 1 unspecified atom stereocenters. The number of nitrogens with zero attached hydrogens (tertiary/aromatic N) is 1. The molecule has 1 N–H and O–H groups in total. The summed E-state index contributed by atoms with van der Waals surface area (Å²) >= 11 is 0. The van der Waals surface area contributed by atoms with Crippen molar-refractivity contribution in [1.82, 2.24) is 4.90 Å². The summed E-state index contributed by atoms with van der Waals surface area (Å²) in [5, 5.41) is 4.08. The molecule has 3 aromatic carbocycles. The number of hydrogen-bond donors (Lipinski definition) is 1. The average Bonchev–Trinajstić information content (AvgIpc) is 2.77. The Balaban J connectivity index is 1.59. The maximum atomic E-state index is 13.0. The molecule has 3 aromatic rings. The molecule has 3 amide bonds. The van der Waals surface area contributed by atoms with Crippen molar-refractivity contribution < 1.29 is 23.9 Å². The molecule has 0 spiro atoms. The summed E-state index contributed by atoms with van der Waals surface area (Å²) in [6.07, 6.45) is 0. The summed E-state index contributed by atoms with van der Waals surface area (Å²) < 4.78 is 4.64. The van der Waals surface area contributed by atoms with E-state index in [2.05, 4.69) is 10.1 Å². The number of rotatable bonds is 4. The number of anilines is 1. The molecule has 7 nitrogen and oxygen atoms in total. The quantitative estimate of drug-likeness (QED) is 0.534. The standard InChI is InChI=1S/C23H18N2O5/c1-13(20(26)24-16-11-9-15(10-12-16)23(29)30-2)25-21(27)17-7-3-5-14-6-4-8-18(19(14)17)22(25)28/h3-13H,1-2H3,(H,24,26). The number of nitrogens with one attached hydrogen (secondary N) is 1. The van der Waals surface area contributed by atoms with E-state index in [0.717, 1.165) is 10.3 Å². The van der Waals surface area contributed by atoms with Crippen molar-refractivity contribution in [3.05, 3.63) is 77.4 Å². The van der Waals surface area contributed by atoms with Crippen molar-refractivity contribution >= 4 is 40.2 Å². The van der Waals surface area contributed by atoms with E-state index in [0.29, 0.717) is 27.8 Å². The van der Waals surface area contributed by atoms with Crippen molar-refractivity contribution in [3.63, 3.8) is 0 Å². The van der Waals surface area contributed by atoms with Gasteiger partial charge in [0, 0.05) is 22.2 Å². The van der Waals surface area contributed by atoms with E-state index in [4.69, 9.17) is 0 Å². The molecule has 4 rings (SSSR count). The van der Waals surface area contributed by atoms with Gasteiger partial charge in [-0.3, -0.25) is 19.3 Å². The highest BCUT2D eigenvalue weighted by atomic mass is 16.5. The molecule has 0 aromatic heterocycles. The highest BCUT2D eigenvalue weighted by molar-refractivity contribution is 6.26. The Morgan fingerprint density at radius 3 is 2.00 bits per heavy atom. The maximum absolute atomic E-state index is 13.0. The first-order valence-corrected chi connectivity index (χ1v) is 9.31. The van der Waals surface area contributed by atoms with Gasteiger partial charge < -0.3 is 10.1 Å². The van der Waals surface area contributed by atoms with E-state index in [-0.39, 0.29) is 0 Å². The summed E-state index contributed by atoms with van der Waals surface area (Å²) in [6.45, 7) is 1.50. The minimum absolute atomic E-state index is 0.342. The van der Waals surface area contributed by atoms with Gasteiger partial charge in [-0.15, -0.1) is 0 Å². The van der Waals surface area contributed by atoms with Crippen LogP contribution in [0.15, 0.2) is 60.7 Å². The lowest BCUT2D eigenvalue weighted by Gasteiger charge is -2.31. The molecule has 0 saturated carbocycles. The molecule has 1 atom stereocenters. The molecule has 1 aliphatic rings. The van der Waals surface area contributed by atoms with Gasteiger partial charge in [-0.05, 0) is 48.7 Å². The predicted molar refractivity (Wildman–Crippen MR) is 110 cm³/mol. The van der Waals surface area contributed by atoms with Gasteiger partial charge in [0.2, 0.25) is 5.91 Å². The first-order chi connectivity index (χ1) is 14.4. The topological polar surface area (TPSA) is 92.8 Å². The maximum Gasteiger partial charge on any atom is 0.337 e. The number of hydrogen-bond acceptors (Lipinski definition) is 5. The second kappa shape index (κ2) is 7.44. The summed E-state index contributed by atoms with van der Waals surface area (Å²) in [5.41, 5.74) is 1.56. The van der Waals surface area contributed by atoms with Crippen molar-refractivity contribution in [3.8, 4) is 0 Å². The fourth-order valence-corrected chi connectivity index (χ4v) is 3.57. The second-order valence-electron chi connectivity index (χ2n) is 6.92. The third-order valence-corrected chi connectivity index (χ3v) is 5.14. The molecule has 1 aliphatic heterocycles. The predicted octanol–water partition coefficient (Wildman–Crippen LogP) is 3.25. The third-order valence-electron chi connectivity index (χ3n) is 5.14. The molecule has 0 bridgehead atoms. The number of benzene rings is 3. The van der Waals surface area contributed by atoms with Crippen LogP contribution in [-0.4, -0.2) is 41.7 Å². The van der Waals surface area contributed by atoms with Gasteiger partial charge in [0.1, 0.15) is 6.04 Å². The smallest absolute Gasteiger partial charge is 0.337 e. The van der Waals surface area contributed by atoms with Gasteiger partial charge in [0.15, 0.2) is 0 Å². The molecule has 30 heavy (non-hydrogen) atoms. The Morgan fingerprint density at radius 1 is 0.900 bits per heavy atom. The van der Waals surface area contributed by atoms with Crippen LogP contribution in [0.2, 0.25) is 0 Å². The Kier molecular flexibility index (Phi) is 4.79. The molecule has 1 heterocycles. The lowest BCUT2D eigenvalue weighted by molar-refractivity contribution is -0.119. The molecule has 0 radical (unpaired) electrons. The lowest BCUT2D eigenvalue weighted by Crippen LogP contribution is -2.50. The van der Waals surface area contributed by atoms with Gasteiger partial charge in [-0.25, -0.2) is 4.79 Å². The SMILES string of the molecule is COC(=O)c1ccc(NC(=O)C(C)N2C(=O)c3cccc4cccc(c34)C2=O)cc1. The van der Waals surface area contributed by atoms with Crippen LogP contribution in [0.4, 0.5) is 5.69 Å². The Bertz CT molecular complexity index is 1150. The number of esters is 1. The first kappa shape index (κ1) is 19.3. The van der Waals surface area contributed by atoms with Crippen LogP contribution >= 0.6 is 0 Å². The van der Waals surface area contributed by atoms with Gasteiger partial charge >= 0.3 is 5.97 Å². The number of ether oxygens (including phenoxy) is 1. The lowest BCUT2D eigenvalue weighted by atomic mass is 9.93. The summed E-state index contributed by atoms with van der Waals surface area (Å²) in [4.78, 5) is 51.4. The van der Waals surface area contributed by atoms with Crippen molar-refractivity contribution in [2.75, 3.05) is 12.4 Å². The largest absolute Gasteiger partial charge is 0.465 e. The first-order valence-electron chi connectivity index (χ1n) is 9.31. The van der Waals surface area contributed by atoms with E-state index >= 15 is 0 Å². The molecule has 0 aliphatic carbocycles. The zero-order chi connectivity index (χ0) is 21.4. The average molecular weight is 402 g/mol. The molecule has 150 valence electrons. The van der Waals surface area contributed by atoms with Crippen LogP contribution in [0, 0.1) is 0 Å². The molecular formula is C23H18N2O5. The van der Waals surface area contributed by atoms with Crippen LogP contribution in [0.3, 0.4) is 0 Å². The summed E-state index contributed by atoms with van der Waals surface area (Å²) in [5.74, 6) is -2.02. The van der Waals surface area contributed by atoms with E-state index in [1.54, 1.807) is 36.4 Å². The second-order valence-corrected chi connectivity index (χ2v) is 6.92. The zero-order valence-electron chi connectivity index (χ0n) is 16.3. The van der Waals surface area contributed by atoms with Crippen LogP contribution in [-0.2, 0) is 9.53 Å². The summed E-state index contributed by atoms with van der Waals surface area (Å²) in [6, 6.07) is 15.6. The van der Waals surface area contributed by atoms with Gasteiger partial charge in [0.05, 0.1) is 12.7 Å². The highest BCUT2D eigenvalue weighted by Gasteiger charge is 2.38. The fourth-order valence-electron chi connectivity index (χ4n) is 3.57. The summed E-state index contributed by atoms with van der Waals surface area (Å²) in [7, 11) is 1.28. The number of carbonyl (C=O) groups excluding carboxylic acids is 4. The van der Waals surface area contributed by atoms with Crippen LogP contribution < -0.4 is 5.32 Å². The Morgan fingerprint density at radius 2 is 1.47 bits per heavy atom. The Labute approximate surface area is 172 Å². The van der Waals surface area contributed by atoms with Crippen molar-refractivity contribution in [2.24, 2.45) is 0 Å². The minimum atomic E-state index is -1.03. The van der Waals surface area contributed by atoms with E-state index in [1.807, 2.05) is 12.1 Å². The number of carbonyl (C=O) groups is 4. The van der Waals surface area contributed by atoms with Crippen LogP contribution in [0.25, 0.3) is 10.8 Å². The van der Waals surface area contributed by atoms with E-state index in [1.165, 1.54) is 26.2 Å². The highest BCUT2D eigenvalue weighted by Crippen LogP contribution is 2.31. The number of methoxy groups -OCH3 is 1.